The van der Waals surface area contributed by atoms with Crippen molar-refractivity contribution in [3.05, 3.63) is 38.4 Å². The van der Waals surface area contributed by atoms with E-state index in [4.69, 9.17) is 4.74 Å². The number of nitrogens with zero attached hydrogens (tertiary/aromatic N) is 2. The molecule has 1 aromatic carbocycles. The van der Waals surface area contributed by atoms with Crippen LogP contribution < -0.4 is 5.32 Å². The Hall–Kier alpha value is -3.90. The van der Waals surface area contributed by atoms with E-state index in [0.29, 0.717) is 6.07 Å². The standard InChI is InChI=1S/C16H17N3O10/c1-8(20)4-13(21)29-9(2)14(16(23)28-3)15(22)17-10-5-11(18(24)25)7-12(6-10)19(26)27/h5-7,9,14H,4H2,1-3H3,(H,17,22). The Balaban J connectivity index is 3.14. The molecular formula is C16H17N3O10. The van der Waals surface area contributed by atoms with Crippen LogP contribution in [0, 0.1) is 26.1 Å². The molecule has 0 fully saturated rings. The van der Waals surface area contributed by atoms with E-state index < -0.39 is 63.3 Å². The first-order valence-electron chi connectivity index (χ1n) is 7.97. The van der Waals surface area contributed by atoms with Crippen molar-refractivity contribution >= 4 is 40.7 Å². The summed E-state index contributed by atoms with van der Waals surface area (Å²) in [5.41, 5.74) is -1.65. The van der Waals surface area contributed by atoms with E-state index >= 15 is 0 Å². The van der Waals surface area contributed by atoms with Gasteiger partial charge in [-0.2, -0.15) is 0 Å². The molecule has 0 spiro atoms. The summed E-state index contributed by atoms with van der Waals surface area (Å²) in [6.07, 6.45) is -1.93. The number of hydrogen-bond donors (Lipinski definition) is 1. The maximum absolute atomic E-state index is 12.5. The molecule has 156 valence electrons. The number of methoxy groups -OCH3 is 1. The Kier molecular flexibility index (Phi) is 7.87. The number of carbonyl (C=O) groups excluding carboxylic acids is 4. The lowest BCUT2D eigenvalue weighted by molar-refractivity contribution is -0.394. The molecular weight excluding hydrogens is 394 g/mol. The SMILES string of the molecule is COC(=O)C(C(=O)Nc1cc([N+](=O)[O-])cc([N+](=O)[O-])c1)C(C)OC(=O)CC(C)=O. The number of carbonyl (C=O) groups is 4. The number of anilines is 1. The summed E-state index contributed by atoms with van der Waals surface area (Å²) in [6, 6.07) is 2.40. The lowest BCUT2D eigenvalue weighted by Crippen LogP contribution is -2.40. The highest BCUT2D eigenvalue weighted by Crippen LogP contribution is 2.26. The number of Topliss-reactive ketones (excluding diaryl/α,β-unsaturated/α-hetero) is 1. The van der Waals surface area contributed by atoms with Gasteiger partial charge in [0.05, 0.1) is 28.7 Å². The smallest absolute Gasteiger partial charge is 0.322 e. The predicted molar refractivity (Wildman–Crippen MR) is 94.7 cm³/mol. The van der Waals surface area contributed by atoms with Gasteiger partial charge in [0.15, 0.2) is 5.92 Å². The van der Waals surface area contributed by atoms with Crippen LogP contribution in [-0.2, 0) is 28.7 Å². The van der Waals surface area contributed by atoms with Crippen LogP contribution in [-0.4, -0.2) is 46.7 Å². The van der Waals surface area contributed by atoms with Gasteiger partial charge in [0.25, 0.3) is 11.4 Å². The Morgan fingerprint density at radius 3 is 2.00 bits per heavy atom. The van der Waals surface area contributed by atoms with Gasteiger partial charge in [-0.3, -0.25) is 39.4 Å². The summed E-state index contributed by atoms with van der Waals surface area (Å²) >= 11 is 0. The molecule has 0 aliphatic carbocycles. The second-order valence-corrected chi connectivity index (χ2v) is 5.82. The third-order valence-electron chi connectivity index (χ3n) is 3.51. The van der Waals surface area contributed by atoms with Gasteiger partial charge in [-0.15, -0.1) is 0 Å². The van der Waals surface area contributed by atoms with Gasteiger partial charge in [-0.25, -0.2) is 0 Å². The molecule has 2 atom stereocenters. The quantitative estimate of drug-likeness (QED) is 0.267. The van der Waals surface area contributed by atoms with Crippen molar-refractivity contribution in [2.75, 3.05) is 12.4 Å². The molecule has 0 radical (unpaired) electrons. The molecule has 1 rings (SSSR count). The number of esters is 2. The average Bonchev–Trinajstić information content (AvgIpc) is 2.60. The normalized spacial score (nSPS) is 12.2. The summed E-state index contributed by atoms with van der Waals surface area (Å²) in [5.74, 6) is -5.35. The van der Waals surface area contributed by atoms with Gasteiger partial charge >= 0.3 is 11.9 Å². The number of hydrogen-bond acceptors (Lipinski definition) is 10. The van der Waals surface area contributed by atoms with Crippen LogP contribution in [0.25, 0.3) is 0 Å². The first-order chi connectivity index (χ1) is 13.5. The van der Waals surface area contributed by atoms with Crippen LogP contribution in [0.5, 0.6) is 0 Å². The van der Waals surface area contributed by atoms with Crippen molar-refractivity contribution in [1.82, 2.24) is 0 Å². The van der Waals surface area contributed by atoms with Crippen LogP contribution in [0.15, 0.2) is 18.2 Å². The summed E-state index contributed by atoms with van der Waals surface area (Å²) in [5, 5.41) is 24.0. The highest BCUT2D eigenvalue weighted by molar-refractivity contribution is 6.05. The molecule has 0 aliphatic rings. The second-order valence-electron chi connectivity index (χ2n) is 5.82. The van der Waals surface area contributed by atoms with Gasteiger partial charge in [0.2, 0.25) is 5.91 Å². The monoisotopic (exact) mass is 411 g/mol. The van der Waals surface area contributed by atoms with E-state index in [1.165, 1.54) is 6.92 Å². The fraction of sp³-hybridized carbons (Fsp3) is 0.375. The molecule has 13 heteroatoms. The minimum Gasteiger partial charge on any atom is -0.468 e. The van der Waals surface area contributed by atoms with Crippen molar-refractivity contribution in [1.29, 1.82) is 0 Å². The first kappa shape index (κ1) is 23.1. The number of non-ortho nitro benzene ring substituents is 2. The molecule has 29 heavy (non-hydrogen) atoms. The van der Waals surface area contributed by atoms with Gasteiger partial charge in [-0.1, -0.05) is 0 Å². The van der Waals surface area contributed by atoms with Gasteiger partial charge in [-0.05, 0) is 13.8 Å². The topological polar surface area (TPSA) is 185 Å². The summed E-state index contributed by atoms with van der Waals surface area (Å²) < 4.78 is 9.40. The minimum atomic E-state index is -1.70. The average molecular weight is 411 g/mol. The molecule has 1 aromatic rings. The van der Waals surface area contributed by atoms with Crippen LogP contribution in [0.2, 0.25) is 0 Å². The number of rotatable bonds is 9. The van der Waals surface area contributed by atoms with E-state index in [1.54, 1.807) is 0 Å². The Morgan fingerprint density at radius 2 is 1.59 bits per heavy atom. The fourth-order valence-corrected chi connectivity index (χ4v) is 2.26. The number of nitrogens with one attached hydrogen (secondary N) is 1. The zero-order valence-corrected chi connectivity index (χ0v) is 15.6. The van der Waals surface area contributed by atoms with Gasteiger partial charge < -0.3 is 14.8 Å². The molecule has 0 saturated heterocycles. The van der Waals surface area contributed by atoms with Gasteiger partial charge in [0, 0.05) is 12.1 Å². The minimum absolute atomic E-state index is 0.327. The van der Waals surface area contributed by atoms with Crippen LogP contribution in [0.1, 0.15) is 20.3 Å². The van der Waals surface area contributed by atoms with Crippen LogP contribution >= 0.6 is 0 Å². The number of ketones is 1. The van der Waals surface area contributed by atoms with Gasteiger partial charge in [0.1, 0.15) is 18.3 Å². The lowest BCUT2D eigenvalue weighted by Gasteiger charge is -2.21. The van der Waals surface area contributed by atoms with Crippen molar-refractivity contribution in [3.63, 3.8) is 0 Å². The first-order valence-corrected chi connectivity index (χ1v) is 7.97. The molecule has 0 aliphatic heterocycles. The Bertz CT molecular complexity index is 834. The van der Waals surface area contributed by atoms with E-state index in [9.17, 15) is 39.4 Å². The van der Waals surface area contributed by atoms with E-state index in [-0.39, 0.29) is 5.69 Å². The molecule has 0 heterocycles. The van der Waals surface area contributed by atoms with Crippen LogP contribution in [0.3, 0.4) is 0 Å². The molecule has 13 nitrogen and oxygen atoms in total. The molecule has 0 aromatic heterocycles. The summed E-state index contributed by atoms with van der Waals surface area (Å²) in [7, 11) is 0.977. The highest BCUT2D eigenvalue weighted by atomic mass is 16.6. The van der Waals surface area contributed by atoms with E-state index in [2.05, 4.69) is 10.1 Å². The molecule has 1 amide bonds. The zero-order chi connectivity index (χ0) is 22.3. The van der Waals surface area contributed by atoms with Crippen LogP contribution in [0.4, 0.5) is 17.1 Å². The number of amides is 1. The summed E-state index contributed by atoms with van der Waals surface area (Å²) in [4.78, 5) is 67.1. The predicted octanol–water partition coefficient (Wildman–Crippen LogP) is 1.14. The number of nitro groups is 2. The molecule has 2 unspecified atom stereocenters. The Labute approximate surface area is 163 Å². The maximum atomic E-state index is 12.5. The molecule has 0 saturated carbocycles. The van der Waals surface area contributed by atoms with Crippen molar-refractivity contribution in [3.8, 4) is 0 Å². The number of ether oxygens (including phenoxy) is 2. The third kappa shape index (κ3) is 6.64. The third-order valence-corrected chi connectivity index (χ3v) is 3.51. The number of nitro benzene ring substituents is 2. The Morgan fingerprint density at radius 1 is 1.07 bits per heavy atom. The molecule has 1 N–H and O–H groups in total. The number of benzene rings is 1. The molecule has 0 bridgehead atoms. The van der Waals surface area contributed by atoms with Crippen molar-refractivity contribution in [2.24, 2.45) is 5.92 Å². The second kappa shape index (κ2) is 9.87. The fourth-order valence-electron chi connectivity index (χ4n) is 2.26. The summed E-state index contributed by atoms with van der Waals surface area (Å²) in [6.45, 7) is 2.35. The maximum Gasteiger partial charge on any atom is 0.322 e. The zero-order valence-electron chi connectivity index (χ0n) is 15.6. The van der Waals surface area contributed by atoms with E-state index in [1.807, 2.05) is 0 Å². The highest BCUT2D eigenvalue weighted by Gasteiger charge is 2.36. The lowest BCUT2D eigenvalue weighted by atomic mass is 10.0. The van der Waals surface area contributed by atoms with E-state index in [0.717, 1.165) is 26.2 Å². The van der Waals surface area contributed by atoms with Crippen molar-refractivity contribution < 1.29 is 38.5 Å². The van der Waals surface area contributed by atoms with Crippen molar-refractivity contribution in [2.45, 2.75) is 26.4 Å². The largest absolute Gasteiger partial charge is 0.468 e.